The number of aryl methyl sites for hydroxylation is 1. The molecule has 0 radical (unpaired) electrons. The molecule has 0 saturated carbocycles. The maximum absolute atomic E-state index is 5.79. The van der Waals surface area contributed by atoms with Crippen molar-refractivity contribution in [3.63, 3.8) is 0 Å². The summed E-state index contributed by atoms with van der Waals surface area (Å²) in [5, 5.41) is 0. The first-order valence-corrected chi connectivity index (χ1v) is 5.45. The fourth-order valence-corrected chi connectivity index (χ4v) is 1.51. The van der Waals surface area contributed by atoms with Gasteiger partial charge in [-0.2, -0.15) is 0 Å². The molecule has 17 heavy (non-hydrogen) atoms. The van der Waals surface area contributed by atoms with Gasteiger partial charge < -0.3 is 10.6 Å². The highest BCUT2D eigenvalue weighted by Crippen LogP contribution is 2.20. The minimum Gasteiger partial charge on any atom is -0.384 e. The number of anilines is 2. The molecule has 0 saturated heterocycles. The molecule has 0 spiro atoms. The molecule has 0 atom stereocenters. The summed E-state index contributed by atoms with van der Waals surface area (Å²) in [6.07, 6.45) is 0. The van der Waals surface area contributed by atoms with Gasteiger partial charge in [-0.25, -0.2) is 9.97 Å². The summed E-state index contributed by atoms with van der Waals surface area (Å²) in [7, 11) is 3.86. The standard InChI is InChI=1S/C13H16N4/c1-9-4-6-10(7-5-9)13-15-11(14)8-12(16-13)17(2)3/h4-8H,1-3H3,(H2,14,15,16). The number of nitrogen functional groups attached to an aromatic ring is 1. The van der Waals surface area contributed by atoms with E-state index in [0.29, 0.717) is 11.6 Å². The molecule has 0 aliphatic rings. The molecule has 0 unspecified atom stereocenters. The molecule has 0 bridgehead atoms. The second-order valence-electron chi connectivity index (χ2n) is 4.24. The van der Waals surface area contributed by atoms with Crippen molar-refractivity contribution in [1.82, 2.24) is 9.97 Å². The fourth-order valence-electron chi connectivity index (χ4n) is 1.51. The molecule has 88 valence electrons. The van der Waals surface area contributed by atoms with E-state index in [1.807, 2.05) is 43.3 Å². The van der Waals surface area contributed by atoms with Crippen LogP contribution in [0.15, 0.2) is 30.3 Å². The molecule has 4 nitrogen and oxygen atoms in total. The Bertz CT molecular complexity index is 517. The number of hydrogen-bond donors (Lipinski definition) is 1. The molecule has 0 fully saturated rings. The van der Waals surface area contributed by atoms with E-state index in [-0.39, 0.29) is 0 Å². The van der Waals surface area contributed by atoms with Crippen LogP contribution in [-0.4, -0.2) is 24.1 Å². The summed E-state index contributed by atoms with van der Waals surface area (Å²) in [4.78, 5) is 10.6. The van der Waals surface area contributed by atoms with Crippen LogP contribution in [0.4, 0.5) is 11.6 Å². The molecule has 1 heterocycles. The van der Waals surface area contributed by atoms with Crippen molar-refractivity contribution in [2.75, 3.05) is 24.7 Å². The van der Waals surface area contributed by atoms with Crippen LogP contribution in [-0.2, 0) is 0 Å². The van der Waals surface area contributed by atoms with Crippen molar-refractivity contribution in [1.29, 1.82) is 0 Å². The van der Waals surface area contributed by atoms with Crippen molar-refractivity contribution in [2.24, 2.45) is 0 Å². The molecular formula is C13H16N4. The van der Waals surface area contributed by atoms with Crippen LogP contribution >= 0.6 is 0 Å². The van der Waals surface area contributed by atoms with Gasteiger partial charge in [-0.15, -0.1) is 0 Å². The second kappa shape index (κ2) is 4.41. The monoisotopic (exact) mass is 228 g/mol. The summed E-state index contributed by atoms with van der Waals surface area (Å²) in [6, 6.07) is 9.85. The van der Waals surface area contributed by atoms with Gasteiger partial charge in [-0.3, -0.25) is 0 Å². The van der Waals surface area contributed by atoms with E-state index in [1.165, 1.54) is 5.56 Å². The third-order valence-corrected chi connectivity index (χ3v) is 2.50. The molecule has 2 rings (SSSR count). The Labute approximate surface area is 101 Å². The quantitative estimate of drug-likeness (QED) is 0.855. The highest BCUT2D eigenvalue weighted by Gasteiger charge is 2.06. The highest BCUT2D eigenvalue weighted by atomic mass is 15.2. The van der Waals surface area contributed by atoms with Crippen molar-refractivity contribution < 1.29 is 0 Å². The topological polar surface area (TPSA) is 55.0 Å². The highest BCUT2D eigenvalue weighted by molar-refractivity contribution is 5.60. The van der Waals surface area contributed by atoms with E-state index in [1.54, 1.807) is 6.07 Å². The molecule has 1 aromatic carbocycles. The number of hydrogen-bond acceptors (Lipinski definition) is 4. The Kier molecular flexibility index (Phi) is 2.95. The van der Waals surface area contributed by atoms with E-state index in [4.69, 9.17) is 5.73 Å². The molecule has 0 amide bonds. The lowest BCUT2D eigenvalue weighted by molar-refractivity contribution is 1.05. The molecule has 2 aromatic rings. The first-order chi connectivity index (χ1) is 8.06. The third kappa shape index (κ3) is 2.53. The van der Waals surface area contributed by atoms with Crippen molar-refractivity contribution >= 4 is 11.6 Å². The zero-order valence-electron chi connectivity index (χ0n) is 10.3. The van der Waals surface area contributed by atoms with Crippen LogP contribution in [0.25, 0.3) is 11.4 Å². The van der Waals surface area contributed by atoms with Crippen LogP contribution in [0.5, 0.6) is 0 Å². The van der Waals surface area contributed by atoms with E-state index in [9.17, 15) is 0 Å². The average Bonchev–Trinajstić information content (AvgIpc) is 2.29. The summed E-state index contributed by atoms with van der Waals surface area (Å²) >= 11 is 0. The Morgan fingerprint density at radius 1 is 1.06 bits per heavy atom. The molecule has 0 aliphatic carbocycles. The van der Waals surface area contributed by atoms with Crippen molar-refractivity contribution in [2.45, 2.75) is 6.92 Å². The Balaban J connectivity index is 2.48. The molecular weight excluding hydrogens is 212 g/mol. The Hall–Kier alpha value is -2.10. The summed E-state index contributed by atoms with van der Waals surface area (Å²) in [6.45, 7) is 2.05. The van der Waals surface area contributed by atoms with Crippen LogP contribution in [0.2, 0.25) is 0 Å². The number of rotatable bonds is 2. The van der Waals surface area contributed by atoms with Gasteiger partial charge in [0.15, 0.2) is 5.82 Å². The molecule has 0 aliphatic heterocycles. The molecule has 4 heteroatoms. The van der Waals surface area contributed by atoms with Crippen LogP contribution in [0.1, 0.15) is 5.56 Å². The van der Waals surface area contributed by atoms with Crippen molar-refractivity contribution in [3.05, 3.63) is 35.9 Å². The van der Waals surface area contributed by atoms with Crippen LogP contribution < -0.4 is 10.6 Å². The fraction of sp³-hybridized carbons (Fsp3) is 0.231. The van der Waals surface area contributed by atoms with Gasteiger partial charge in [0, 0.05) is 25.7 Å². The predicted octanol–water partition coefficient (Wildman–Crippen LogP) is 2.10. The third-order valence-electron chi connectivity index (χ3n) is 2.50. The number of nitrogens with two attached hydrogens (primary N) is 1. The van der Waals surface area contributed by atoms with Gasteiger partial charge in [-0.1, -0.05) is 29.8 Å². The van der Waals surface area contributed by atoms with Gasteiger partial charge in [-0.05, 0) is 6.92 Å². The van der Waals surface area contributed by atoms with E-state index < -0.39 is 0 Å². The van der Waals surface area contributed by atoms with E-state index in [0.717, 1.165) is 11.4 Å². The molecule has 2 N–H and O–H groups in total. The summed E-state index contributed by atoms with van der Waals surface area (Å²) in [5.74, 6) is 1.96. The van der Waals surface area contributed by atoms with Gasteiger partial charge in [0.2, 0.25) is 0 Å². The van der Waals surface area contributed by atoms with Crippen molar-refractivity contribution in [3.8, 4) is 11.4 Å². The predicted molar refractivity (Wildman–Crippen MR) is 70.9 cm³/mol. The Morgan fingerprint density at radius 2 is 1.71 bits per heavy atom. The average molecular weight is 228 g/mol. The van der Waals surface area contributed by atoms with Crippen LogP contribution in [0.3, 0.4) is 0 Å². The number of benzene rings is 1. The number of nitrogens with zero attached hydrogens (tertiary/aromatic N) is 3. The number of aromatic nitrogens is 2. The van der Waals surface area contributed by atoms with Gasteiger partial charge >= 0.3 is 0 Å². The smallest absolute Gasteiger partial charge is 0.163 e. The first kappa shape index (κ1) is 11.4. The van der Waals surface area contributed by atoms with E-state index in [2.05, 4.69) is 16.9 Å². The minimum atomic E-state index is 0.485. The Morgan fingerprint density at radius 3 is 2.29 bits per heavy atom. The lowest BCUT2D eigenvalue weighted by Crippen LogP contribution is -2.12. The summed E-state index contributed by atoms with van der Waals surface area (Å²) in [5.41, 5.74) is 7.98. The van der Waals surface area contributed by atoms with Gasteiger partial charge in [0.1, 0.15) is 11.6 Å². The SMILES string of the molecule is Cc1ccc(-c2nc(N)cc(N(C)C)n2)cc1. The maximum atomic E-state index is 5.79. The zero-order valence-corrected chi connectivity index (χ0v) is 10.3. The lowest BCUT2D eigenvalue weighted by Gasteiger charge is -2.12. The van der Waals surface area contributed by atoms with E-state index >= 15 is 0 Å². The van der Waals surface area contributed by atoms with Gasteiger partial charge in [0.25, 0.3) is 0 Å². The minimum absolute atomic E-state index is 0.485. The normalized spacial score (nSPS) is 10.3. The van der Waals surface area contributed by atoms with Gasteiger partial charge in [0.05, 0.1) is 0 Å². The van der Waals surface area contributed by atoms with Crippen LogP contribution in [0, 0.1) is 6.92 Å². The largest absolute Gasteiger partial charge is 0.384 e. The first-order valence-electron chi connectivity index (χ1n) is 5.45. The lowest BCUT2D eigenvalue weighted by atomic mass is 10.1. The second-order valence-corrected chi connectivity index (χ2v) is 4.24. The zero-order chi connectivity index (χ0) is 12.4. The summed E-state index contributed by atoms with van der Waals surface area (Å²) < 4.78 is 0. The molecule has 1 aromatic heterocycles. The maximum Gasteiger partial charge on any atom is 0.163 e.